The Kier molecular flexibility index (Phi) is 3.20. The van der Waals surface area contributed by atoms with Crippen LogP contribution in [0.4, 0.5) is 0 Å². The maximum absolute atomic E-state index is 6.03. The first-order chi connectivity index (χ1) is 7.67. The van der Waals surface area contributed by atoms with Crippen molar-refractivity contribution < 1.29 is 0 Å². The molecule has 0 spiro atoms. The highest BCUT2D eigenvalue weighted by atomic mass is 35.5. The predicted molar refractivity (Wildman–Crippen MR) is 69.1 cm³/mol. The lowest BCUT2D eigenvalue weighted by Gasteiger charge is -2.10. The van der Waals surface area contributed by atoms with E-state index in [1.54, 1.807) is 0 Å². The van der Waals surface area contributed by atoms with Crippen LogP contribution >= 0.6 is 11.6 Å². The second-order valence-electron chi connectivity index (χ2n) is 4.16. The third-order valence-electron chi connectivity index (χ3n) is 3.11. The Balaban J connectivity index is 2.66. The molecule has 0 fully saturated rings. The highest BCUT2D eigenvalue weighted by Gasteiger charge is 2.14. The molecule has 16 heavy (non-hydrogen) atoms. The number of fused-ring (bicyclic) bond motifs is 1. The lowest BCUT2D eigenvalue weighted by molar-refractivity contribution is 0.617. The van der Waals surface area contributed by atoms with Gasteiger partial charge >= 0.3 is 0 Å². The Bertz CT molecular complexity index is 502. The Labute approximate surface area is 101 Å². The molecule has 0 bridgehead atoms. The van der Waals surface area contributed by atoms with Crippen molar-refractivity contribution in [1.29, 1.82) is 0 Å². The molecule has 2 nitrogen and oxygen atoms in total. The fourth-order valence-corrected chi connectivity index (χ4v) is 2.17. The van der Waals surface area contributed by atoms with E-state index in [0.717, 1.165) is 29.0 Å². The van der Waals surface area contributed by atoms with Crippen molar-refractivity contribution in [3.63, 3.8) is 0 Å². The van der Waals surface area contributed by atoms with Gasteiger partial charge in [0.25, 0.3) is 0 Å². The molecule has 0 aliphatic rings. The molecule has 1 aromatic heterocycles. The van der Waals surface area contributed by atoms with E-state index in [-0.39, 0.29) is 0 Å². The summed E-state index contributed by atoms with van der Waals surface area (Å²) in [7, 11) is 0. The summed E-state index contributed by atoms with van der Waals surface area (Å²) < 4.78 is 2.26. The molecular weight excluding hydrogens is 220 g/mol. The summed E-state index contributed by atoms with van der Waals surface area (Å²) in [6, 6.07) is 5.90. The van der Waals surface area contributed by atoms with E-state index >= 15 is 0 Å². The smallest absolute Gasteiger partial charge is 0.112 e. The highest BCUT2D eigenvalue weighted by molar-refractivity contribution is 6.31. The summed E-state index contributed by atoms with van der Waals surface area (Å²) in [5.41, 5.74) is 2.19. The van der Waals surface area contributed by atoms with Gasteiger partial charge in [-0.2, -0.15) is 0 Å². The summed E-state index contributed by atoms with van der Waals surface area (Å²) >= 11 is 6.03. The van der Waals surface area contributed by atoms with Crippen LogP contribution in [0.1, 0.15) is 38.9 Å². The largest absolute Gasteiger partial charge is 0.328 e. The second kappa shape index (κ2) is 4.46. The quantitative estimate of drug-likeness (QED) is 0.780. The van der Waals surface area contributed by atoms with Gasteiger partial charge in [0.15, 0.2) is 0 Å². The van der Waals surface area contributed by atoms with Gasteiger partial charge in [0.05, 0.1) is 11.0 Å². The van der Waals surface area contributed by atoms with Crippen molar-refractivity contribution in [2.45, 2.75) is 39.7 Å². The number of imidazole rings is 1. The predicted octanol–water partition coefficient (Wildman–Crippen LogP) is 4.22. The molecule has 2 aromatic rings. The molecule has 0 N–H and O–H groups in total. The number of rotatable bonds is 3. The van der Waals surface area contributed by atoms with Gasteiger partial charge < -0.3 is 4.57 Å². The van der Waals surface area contributed by atoms with Crippen LogP contribution in [0, 0.1) is 0 Å². The molecule has 1 heterocycles. The Hall–Kier alpha value is -1.02. The van der Waals surface area contributed by atoms with Gasteiger partial charge in [0, 0.05) is 17.5 Å². The maximum atomic E-state index is 6.03. The zero-order chi connectivity index (χ0) is 11.7. The molecule has 0 radical (unpaired) electrons. The van der Waals surface area contributed by atoms with Crippen LogP contribution in [0.25, 0.3) is 11.0 Å². The minimum Gasteiger partial charge on any atom is -0.328 e. The fourth-order valence-electron chi connectivity index (χ4n) is 2.01. The molecule has 0 aliphatic heterocycles. The van der Waals surface area contributed by atoms with Gasteiger partial charge in [-0.15, -0.1) is 0 Å². The van der Waals surface area contributed by atoms with Crippen LogP contribution in [0.5, 0.6) is 0 Å². The van der Waals surface area contributed by atoms with E-state index in [2.05, 4.69) is 25.3 Å². The molecule has 0 saturated carbocycles. The minimum absolute atomic E-state index is 0.492. The van der Waals surface area contributed by atoms with Crippen molar-refractivity contribution in [2.24, 2.45) is 0 Å². The first-order valence-electron chi connectivity index (χ1n) is 5.83. The number of nitrogens with zero attached hydrogens (tertiary/aromatic N) is 2. The first kappa shape index (κ1) is 11.5. The van der Waals surface area contributed by atoms with Crippen LogP contribution in [-0.4, -0.2) is 9.55 Å². The Morgan fingerprint density at radius 2 is 2.12 bits per heavy atom. The van der Waals surface area contributed by atoms with E-state index in [1.165, 1.54) is 5.82 Å². The molecule has 1 aromatic carbocycles. The molecule has 0 saturated heterocycles. The molecule has 0 amide bonds. The summed E-state index contributed by atoms with van der Waals surface area (Å²) in [5.74, 6) is 1.66. The number of aromatic nitrogens is 2. The van der Waals surface area contributed by atoms with E-state index in [9.17, 15) is 0 Å². The Morgan fingerprint density at radius 1 is 1.38 bits per heavy atom. The van der Waals surface area contributed by atoms with Gasteiger partial charge in [-0.05, 0) is 31.5 Å². The van der Waals surface area contributed by atoms with Crippen molar-refractivity contribution in [3.05, 3.63) is 29.0 Å². The van der Waals surface area contributed by atoms with E-state index < -0.39 is 0 Å². The third-order valence-corrected chi connectivity index (χ3v) is 3.34. The third kappa shape index (κ3) is 1.82. The van der Waals surface area contributed by atoms with Gasteiger partial charge in [-0.3, -0.25) is 0 Å². The lowest BCUT2D eigenvalue weighted by Crippen LogP contribution is -2.04. The molecule has 1 unspecified atom stereocenters. The molecule has 2 rings (SSSR count). The van der Waals surface area contributed by atoms with Crippen LogP contribution < -0.4 is 0 Å². The number of halogens is 1. The lowest BCUT2D eigenvalue weighted by atomic mass is 10.1. The molecule has 0 aliphatic carbocycles. The van der Waals surface area contributed by atoms with Crippen LogP contribution in [0.15, 0.2) is 18.2 Å². The fraction of sp³-hybridized carbons (Fsp3) is 0.462. The Morgan fingerprint density at radius 3 is 2.75 bits per heavy atom. The zero-order valence-electron chi connectivity index (χ0n) is 10.00. The summed E-state index contributed by atoms with van der Waals surface area (Å²) in [6.45, 7) is 7.50. The molecule has 86 valence electrons. The first-order valence-corrected chi connectivity index (χ1v) is 6.20. The normalized spacial score (nSPS) is 13.2. The van der Waals surface area contributed by atoms with Crippen LogP contribution in [0.2, 0.25) is 5.02 Å². The summed E-state index contributed by atoms with van der Waals surface area (Å²) in [5, 5.41) is 0.776. The SMILES string of the molecule is CCC(C)c1nc2ccc(Cl)cc2n1CC. The number of hydrogen-bond acceptors (Lipinski definition) is 1. The van der Waals surface area contributed by atoms with E-state index in [0.29, 0.717) is 5.92 Å². The molecular formula is C13H17ClN2. The van der Waals surface area contributed by atoms with Crippen molar-refractivity contribution in [3.8, 4) is 0 Å². The zero-order valence-corrected chi connectivity index (χ0v) is 10.8. The van der Waals surface area contributed by atoms with Gasteiger partial charge in [0.1, 0.15) is 5.82 Å². The van der Waals surface area contributed by atoms with Crippen LogP contribution in [-0.2, 0) is 6.54 Å². The molecule has 3 heteroatoms. The van der Waals surface area contributed by atoms with Crippen molar-refractivity contribution in [2.75, 3.05) is 0 Å². The van der Waals surface area contributed by atoms with Gasteiger partial charge in [-0.1, -0.05) is 25.4 Å². The number of benzene rings is 1. The van der Waals surface area contributed by atoms with Crippen molar-refractivity contribution >= 4 is 22.6 Å². The van der Waals surface area contributed by atoms with E-state index in [1.807, 2.05) is 18.2 Å². The highest BCUT2D eigenvalue weighted by Crippen LogP contribution is 2.25. The maximum Gasteiger partial charge on any atom is 0.112 e. The minimum atomic E-state index is 0.492. The van der Waals surface area contributed by atoms with Crippen LogP contribution in [0.3, 0.4) is 0 Å². The van der Waals surface area contributed by atoms with Crippen molar-refractivity contribution in [1.82, 2.24) is 9.55 Å². The summed E-state index contributed by atoms with van der Waals surface area (Å²) in [4.78, 5) is 4.70. The van der Waals surface area contributed by atoms with Gasteiger partial charge in [-0.25, -0.2) is 4.98 Å². The van der Waals surface area contributed by atoms with E-state index in [4.69, 9.17) is 16.6 Å². The van der Waals surface area contributed by atoms with Gasteiger partial charge in [0.2, 0.25) is 0 Å². The number of aryl methyl sites for hydroxylation is 1. The average Bonchev–Trinajstić information content (AvgIpc) is 2.65. The standard InChI is InChI=1S/C13H17ClN2/c1-4-9(3)13-15-11-7-6-10(14)8-12(11)16(13)5-2/h6-9H,4-5H2,1-3H3. The molecule has 1 atom stereocenters. The second-order valence-corrected chi connectivity index (χ2v) is 4.59. The summed E-state index contributed by atoms with van der Waals surface area (Å²) in [6.07, 6.45) is 1.11. The monoisotopic (exact) mass is 236 g/mol. The topological polar surface area (TPSA) is 17.8 Å². The average molecular weight is 237 g/mol. The number of hydrogen-bond donors (Lipinski definition) is 0.